The number of unbranched alkanes of at least 4 members (excludes halogenated alkanes) is 1. The first-order valence-electron chi connectivity index (χ1n) is 5.61. The molecule has 0 amide bonds. The van der Waals surface area contributed by atoms with Crippen molar-refractivity contribution in [3.05, 3.63) is 48.3 Å². The van der Waals surface area contributed by atoms with Crippen LogP contribution in [-0.2, 0) is 6.42 Å². The standard InChI is InChI=1S/C13H16N2O/c1-2-6-12(7-3-1)8-4-5-11-16-13-14-9-10-15-13/h1-3,6-7,9-10H,4-5,8,11H2,(H,14,15). The molecule has 0 spiro atoms. The molecule has 1 N–H and O–H groups in total. The smallest absolute Gasteiger partial charge is 0.293 e. The fourth-order valence-corrected chi connectivity index (χ4v) is 1.57. The molecule has 3 nitrogen and oxygen atoms in total. The molecule has 0 fully saturated rings. The van der Waals surface area contributed by atoms with Crippen LogP contribution in [0.15, 0.2) is 42.7 Å². The van der Waals surface area contributed by atoms with Crippen molar-refractivity contribution in [3.8, 4) is 6.01 Å². The Kier molecular flexibility index (Phi) is 4.00. The zero-order valence-electron chi connectivity index (χ0n) is 9.23. The molecule has 0 aliphatic heterocycles. The van der Waals surface area contributed by atoms with Crippen molar-refractivity contribution in [3.63, 3.8) is 0 Å². The number of nitrogens with zero attached hydrogens (tertiary/aromatic N) is 1. The molecule has 3 heteroatoms. The van der Waals surface area contributed by atoms with Crippen LogP contribution in [0.1, 0.15) is 18.4 Å². The van der Waals surface area contributed by atoms with Gasteiger partial charge in [0, 0.05) is 12.4 Å². The number of nitrogens with one attached hydrogen (secondary N) is 1. The van der Waals surface area contributed by atoms with E-state index in [0.29, 0.717) is 6.01 Å². The minimum Gasteiger partial charge on any atom is -0.465 e. The highest BCUT2D eigenvalue weighted by Gasteiger charge is 1.95. The van der Waals surface area contributed by atoms with E-state index in [0.717, 1.165) is 25.9 Å². The SMILES string of the molecule is c1ccc(CCCCOc2ncc[nH]2)cc1. The number of aryl methyl sites for hydroxylation is 1. The van der Waals surface area contributed by atoms with E-state index >= 15 is 0 Å². The normalized spacial score (nSPS) is 10.2. The van der Waals surface area contributed by atoms with Gasteiger partial charge in [0.05, 0.1) is 6.61 Å². The first-order chi connectivity index (χ1) is 7.95. The fraction of sp³-hybridized carbons (Fsp3) is 0.308. The lowest BCUT2D eigenvalue weighted by atomic mass is 10.1. The Labute approximate surface area is 95.5 Å². The van der Waals surface area contributed by atoms with E-state index in [2.05, 4.69) is 34.2 Å². The number of hydrogen-bond acceptors (Lipinski definition) is 2. The van der Waals surface area contributed by atoms with Crippen molar-refractivity contribution in [2.45, 2.75) is 19.3 Å². The Hall–Kier alpha value is -1.77. The lowest BCUT2D eigenvalue weighted by Crippen LogP contribution is -1.99. The van der Waals surface area contributed by atoms with Gasteiger partial charge >= 0.3 is 0 Å². The van der Waals surface area contributed by atoms with Crippen molar-refractivity contribution in [1.82, 2.24) is 9.97 Å². The van der Waals surface area contributed by atoms with Crippen LogP contribution in [0, 0.1) is 0 Å². The predicted molar refractivity (Wildman–Crippen MR) is 63.5 cm³/mol. The summed E-state index contributed by atoms with van der Waals surface area (Å²) >= 11 is 0. The van der Waals surface area contributed by atoms with Gasteiger partial charge in [0.1, 0.15) is 0 Å². The zero-order valence-corrected chi connectivity index (χ0v) is 9.23. The molecule has 1 aromatic heterocycles. The summed E-state index contributed by atoms with van der Waals surface area (Å²) < 4.78 is 5.42. The van der Waals surface area contributed by atoms with Crippen LogP contribution >= 0.6 is 0 Å². The minimum atomic E-state index is 0.611. The molecule has 0 radical (unpaired) electrons. The van der Waals surface area contributed by atoms with Crippen LogP contribution in [0.3, 0.4) is 0 Å². The molecule has 0 bridgehead atoms. The maximum atomic E-state index is 5.42. The molecule has 1 aromatic carbocycles. The predicted octanol–water partition coefficient (Wildman–Crippen LogP) is 2.81. The molecular formula is C13H16N2O. The summed E-state index contributed by atoms with van der Waals surface area (Å²) in [6, 6.07) is 11.1. The zero-order chi connectivity index (χ0) is 11.1. The van der Waals surface area contributed by atoms with Crippen LogP contribution in [0.4, 0.5) is 0 Å². The molecular weight excluding hydrogens is 200 g/mol. The molecule has 0 unspecified atom stereocenters. The summed E-state index contributed by atoms with van der Waals surface area (Å²) in [6.45, 7) is 0.723. The Morgan fingerprint density at radius 3 is 2.75 bits per heavy atom. The molecule has 0 aliphatic carbocycles. The molecule has 0 saturated heterocycles. The average molecular weight is 216 g/mol. The second kappa shape index (κ2) is 5.95. The first-order valence-corrected chi connectivity index (χ1v) is 5.61. The number of H-pyrrole nitrogens is 1. The van der Waals surface area contributed by atoms with Gasteiger partial charge in [-0.1, -0.05) is 30.3 Å². The average Bonchev–Trinajstić information content (AvgIpc) is 2.83. The van der Waals surface area contributed by atoms with Crippen LogP contribution < -0.4 is 4.74 Å². The van der Waals surface area contributed by atoms with Crippen LogP contribution in [0.2, 0.25) is 0 Å². The number of imidazole rings is 1. The molecule has 0 aliphatic rings. The van der Waals surface area contributed by atoms with Crippen LogP contribution in [0.5, 0.6) is 6.01 Å². The number of rotatable bonds is 6. The Morgan fingerprint density at radius 1 is 1.12 bits per heavy atom. The third-order valence-corrected chi connectivity index (χ3v) is 2.41. The Morgan fingerprint density at radius 2 is 2.00 bits per heavy atom. The summed E-state index contributed by atoms with van der Waals surface area (Å²) in [5, 5.41) is 0. The third kappa shape index (κ3) is 3.42. The molecule has 2 aromatic rings. The molecule has 0 atom stereocenters. The first kappa shape index (κ1) is 10.7. The van der Waals surface area contributed by atoms with Gasteiger partial charge in [-0.05, 0) is 24.8 Å². The maximum absolute atomic E-state index is 5.42. The summed E-state index contributed by atoms with van der Waals surface area (Å²) in [6.07, 6.45) is 6.77. The van der Waals surface area contributed by atoms with Gasteiger partial charge < -0.3 is 9.72 Å². The number of ether oxygens (including phenoxy) is 1. The van der Waals surface area contributed by atoms with Crippen molar-refractivity contribution < 1.29 is 4.74 Å². The van der Waals surface area contributed by atoms with Crippen molar-refractivity contribution in [2.24, 2.45) is 0 Å². The minimum absolute atomic E-state index is 0.611. The lowest BCUT2D eigenvalue weighted by molar-refractivity contribution is 0.286. The van der Waals surface area contributed by atoms with Crippen molar-refractivity contribution in [1.29, 1.82) is 0 Å². The highest BCUT2D eigenvalue weighted by molar-refractivity contribution is 5.14. The van der Waals surface area contributed by atoms with E-state index in [-0.39, 0.29) is 0 Å². The molecule has 2 rings (SSSR count). The monoisotopic (exact) mass is 216 g/mol. The molecule has 84 valence electrons. The van der Waals surface area contributed by atoms with E-state index < -0.39 is 0 Å². The number of hydrogen-bond donors (Lipinski definition) is 1. The van der Waals surface area contributed by atoms with Crippen LogP contribution in [0.25, 0.3) is 0 Å². The highest BCUT2D eigenvalue weighted by Crippen LogP contribution is 2.05. The fourth-order valence-electron chi connectivity index (χ4n) is 1.57. The van der Waals surface area contributed by atoms with Crippen LogP contribution in [-0.4, -0.2) is 16.6 Å². The van der Waals surface area contributed by atoms with Gasteiger partial charge in [0.15, 0.2) is 0 Å². The third-order valence-electron chi connectivity index (χ3n) is 2.41. The molecule has 1 heterocycles. The topological polar surface area (TPSA) is 37.9 Å². The largest absolute Gasteiger partial charge is 0.465 e. The Bertz CT molecular complexity index is 384. The number of aromatic amines is 1. The number of benzene rings is 1. The van der Waals surface area contributed by atoms with E-state index in [1.807, 2.05) is 6.07 Å². The van der Waals surface area contributed by atoms with E-state index in [1.165, 1.54) is 5.56 Å². The van der Waals surface area contributed by atoms with E-state index in [4.69, 9.17) is 4.74 Å². The van der Waals surface area contributed by atoms with Gasteiger partial charge in [-0.25, -0.2) is 4.98 Å². The van der Waals surface area contributed by atoms with Gasteiger partial charge in [-0.2, -0.15) is 0 Å². The second-order valence-corrected chi connectivity index (χ2v) is 3.69. The molecule has 0 saturated carbocycles. The summed E-state index contributed by atoms with van der Waals surface area (Å²) in [4.78, 5) is 6.91. The quantitative estimate of drug-likeness (QED) is 0.754. The van der Waals surface area contributed by atoms with E-state index in [1.54, 1.807) is 12.4 Å². The van der Waals surface area contributed by atoms with Gasteiger partial charge in [0.2, 0.25) is 0 Å². The number of aromatic nitrogens is 2. The highest BCUT2D eigenvalue weighted by atomic mass is 16.5. The second-order valence-electron chi connectivity index (χ2n) is 3.69. The Balaban J connectivity index is 1.59. The van der Waals surface area contributed by atoms with Crippen molar-refractivity contribution >= 4 is 0 Å². The van der Waals surface area contributed by atoms with Crippen molar-refractivity contribution in [2.75, 3.05) is 6.61 Å². The molecule has 16 heavy (non-hydrogen) atoms. The summed E-state index contributed by atoms with van der Waals surface area (Å²) in [5.74, 6) is 0. The maximum Gasteiger partial charge on any atom is 0.293 e. The summed E-state index contributed by atoms with van der Waals surface area (Å²) in [5.41, 5.74) is 1.39. The lowest BCUT2D eigenvalue weighted by Gasteiger charge is -2.02. The van der Waals surface area contributed by atoms with Gasteiger partial charge in [0.25, 0.3) is 6.01 Å². The summed E-state index contributed by atoms with van der Waals surface area (Å²) in [7, 11) is 0. The van der Waals surface area contributed by atoms with E-state index in [9.17, 15) is 0 Å². The van der Waals surface area contributed by atoms with Gasteiger partial charge in [-0.15, -0.1) is 0 Å². The van der Waals surface area contributed by atoms with Gasteiger partial charge in [-0.3, -0.25) is 0 Å².